The van der Waals surface area contributed by atoms with E-state index in [0.29, 0.717) is 28.7 Å². The molecule has 1 unspecified atom stereocenters. The lowest BCUT2D eigenvalue weighted by Crippen LogP contribution is -2.01. The number of aromatic amines is 1. The number of nitrogens with one attached hydrogen (secondary N) is 1. The zero-order chi connectivity index (χ0) is 20.2. The van der Waals surface area contributed by atoms with Crippen LogP contribution in [0.5, 0.6) is 11.8 Å². The number of nitrogens with zero attached hydrogens (tertiary/aromatic N) is 3. The predicted molar refractivity (Wildman–Crippen MR) is 107 cm³/mol. The van der Waals surface area contributed by atoms with Crippen molar-refractivity contribution in [2.45, 2.75) is 12.8 Å². The van der Waals surface area contributed by atoms with Crippen LogP contribution in [0.15, 0.2) is 66.9 Å². The van der Waals surface area contributed by atoms with Crippen molar-refractivity contribution in [1.29, 1.82) is 0 Å². The van der Waals surface area contributed by atoms with Crippen LogP contribution in [0.25, 0.3) is 22.6 Å². The summed E-state index contributed by atoms with van der Waals surface area (Å²) in [5.74, 6) is 0.730. The average Bonchev–Trinajstić information content (AvgIpc) is 3.20. The number of imidazole rings is 1. The van der Waals surface area contributed by atoms with Crippen LogP contribution < -0.4 is 4.74 Å². The molecule has 0 bridgehead atoms. The van der Waals surface area contributed by atoms with Crippen molar-refractivity contribution in [3.63, 3.8) is 0 Å². The summed E-state index contributed by atoms with van der Waals surface area (Å²) in [5, 5.41) is 9.52. The van der Waals surface area contributed by atoms with Gasteiger partial charge in [-0.05, 0) is 42.5 Å². The summed E-state index contributed by atoms with van der Waals surface area (Å²) in [5.41, 5.74) is 2.57. The summed E-state index contributed by atoms with van der Waals surface area (Å²) in [6.45, 7) is 1.81. The first-order valence-electron chi connectivity index (χ1n) is 9.17. The quantitative estimate of drug-likeness (QED) is 0.504. The lowest BCUT2D eigenvalue weighted by Gasteiger charge is -2.06. The van der Waals surface area contributed by atoms with E-state index in [9.17, 15) is 9.50 Å². The van der Waals surface area contributed by atoms with Gasteiger partial charge in [0.2, 0.25) is 0 Å². The second-order valence-electron chi connectivity index (χ2n) is 6.58. The van der Waals surface area contributed by atoms with Crippen LogP contribution >= 0.6 is 0 Å². The number of aromatic nitrogens is 4. The van der Waals surface area contributed by atoms with E-state index in [0.717, 1.165) is 5.56 Å². The number of hydrogen-bond acceptors (Lipinski definition) is 5. The summed E-state index contributed by atoms with van der Waals surface area (Å²) < 4.78 is 19.1. The molecule has 2 aromatic carbocycles. The van der Waals surface area contributed by atoms with Gasteiger partial charge < -0.3 is 14.8 Å². The first-order valence-corrected chi connectivity index (χ1v) is 9.17. The number of aliphatic hydroxyl groups excluding tert-OH is 1. The van der Waals surface area contributed by atoms with E-state index in [-0.39, 0.29) is 24.4 Å². The third-order valence-corrected chi connectivity index (χ3v) is 4.42. The van der Waals surface area contributed by atoms with Crippen molar-refractivity contribution in [2.24, 2.45) is 0 Å². The number of hydrogen-bond donors (Lipinski definition) is 2. The van der Waals surface area contributed by atoms with Crippen LogP contribution in [0.3, 0.4) is 0 Å². The number of aliphatic hydroxyl groups is 1. The molecule has 1 atom stereocenters. The Hall–Kier alpha value is -3.58. The molecule has 0 saturated carbocycles. The molecule has 6 nitrogen and oxygen atoms in total. The lowest BCUT2D eigenvalue weighted by molar-refractivity contribution is 0.269. The fraction of sp³-hybridized carbons (Fsp3) is 0.136. The molecule has 146 valence electrons. The maximum Gasteiger partial charge on any atom is 0.322 e. The van der Waals surface area contributed by atoms with Gasteiger partial charge in [-0.3, -0.25) is 0 Å². The molecule has 0 aliphatic carbocycles. The Morgan fingerprint density at radius 2 is 1.79 bits per heavy atom. The number of ether oxygens (including phenoxy) is 1. The Bertz CT molecular complexity index is 1100. The Kier molecular flexibility index (Phi) is 5.31. The molecule has 4 rings (SSSR count). The van der Waals surface area contributed by atoms with Crippen molar-refractivity contribution in [3.05, 3.63) is 78.5 Å². The monoisotopic (exact) mass is 390 g/mol. The van der Waals surface area contributed by atoms with E-state index in [1.807, 2.05) is 37.3 Å². The molecule has 29 heavy (non-hydrogen) atoms. The highest BCUT2D eigenvalue weighted by molar-refractivity contribution is 5.76. The van der Waals surface area contributed by atoms with Gasteiger partial charge in [0.05, 0.1) is 23.7 Å². The number of H-pyrrole nitrogens is 1. The van der Waals surface area contributed by atoms with Crippen LogP contribution in [0.4, 0.5) is 4.39 Å². The zero-order valence-corrected chi connectivity index (χ0v) is 15.7. The zero-order valence-electron chi connectivity index (χ0n) is 15.7. The third-order valence-electron chi connectivity index (χ3n) is 4.42. The van der Waals surface area contributed by atoms with Gasteiger partial charge >= 0.3 is 6.01 Å². The van der Waals surface area contributed by atoms with Crippen molar-refractivity contribution < 1.29 is 14.2 Å². The van der Waals surface area contributed by atoms with Crippen molar-refractivity contribution in [3.8, 4) is 34.4 Å². The van der Waals surface area contributed by atoms with Crippen molar-refractivity contribution >= 4 is 0 Å². The molecule has 0 aliphatic rings. The van der Waals surface area contributed by atoms with Gasteiger partial charge in [0.15, 0.2) is 0 Å². The molecule has 0 radical (unpaired) electrons. The third kappa shape index (κ3) is 4.14. The number of rotatable bonds is 6. The van der Waals surface area contributed by atoms with Crippen LogP contribution in [-0.4, -0.2) is 31.6 Å². The molecule has 2 aromatic heterocycles. The molecular weight excluding hydrogens is 371 g/mol. The van der Waals surface area contributed by atoms with Crippen LogP contribution in [0.1, 0.15) is 18.7 Å². The van der Waals surface area contributed by atoms with Gasteiger partial charge in [-0.15, -0.1) is 0 Å². The van der Waals surface area contributed by atoms with E-state index >= 15 is 0 Å². The number of benzene rings is 2. The van der Waals surface area contributed by atoms with Gasteiger partial charge in [0.25, 0.3) is 0 Å². The second-order valence-corrected chi connectivity index (χ2v) is 6.58. The molecular formula is C22H19FN4O2. The predicted octanol–water partition coefficient (Wildman–Crippen LogP) is 4.56. The van der Waals surface area contributed by atoms with Gasteiger partial charge in [-0.2, -0.15) is 4.98 Å². The SMILES string of the molecule is CC(CO)c1nc(-c2ccc(F)cc2)c(-c2ccnc(Oc3ccccc3)n2)[nH]1. The smallest absolute Gasteiger partial charge is 0.322 e. The molecule has 2 N–H and O–H groups in total. The maximum atomic E-state index is 13.4. The molecule has 7 heteroatoms. The molecule has 0 aliphatic heterocycles. The molecule has 4 aromatic rings. The minimum atomic E-state index is -0.324. The Morgan fingerprint density at radius 1 is 1.03 bits per heavy atom. The highest BCUT2D eigenvalue weighted by atomic mass is 19.1. The highest BCUT2D eigenvalue weighted by Gasteiger charge is 2.19. The Balaban J connectivity index is 1.76. The number of halogens is 1. The topological polar surface area (TPSA) is 83.9 Å². The van der Waals surface area contributed by atoms with E-state index in [1.54, 1.807) is 24.4 Å². The molecule has 0 amide bonds. The second kappa shape index (κ2) is 8.20. The van der Waals surface area contributed by atoms with E-state index in [2.05, 4.69) is 19.9 Å². The largest absolute Gasteiger partial charge is 0.424 e. The van der Waals surface area contributed by atoms with Gasteiger partial charge in [-0.25, -0.2) is 14.4 Å². The lowest BCUT2D eigenvalue weighted by atomic mass is 10.1. The first kappa shape index (κ1) is 18.8. The minimum Gasteiger partial charge on any atom is -0.424 e. The molecule has 2 heterocycles. The fourth-order valence-corrected chi connectivity index (χ4v) is 2.84. The van der Waals surface area contributed by atoms with E-state index in [4.69, 9.17) is 4.74 Å². The van der Waals surface area contributed by atoms with Crippen LogP contribution in [0, 0.1) is 5.82 Å². The Morgan fingerprint density at radius 3 is 2.52 bits per heavy atom. The minimum absolute atomic E-state index is 0.0536. The summed E-state index contributed by atoms with van der Waals surface area (Å²) in [7, 11) is 0. The summed E-state index contributed by atoms with van der Waals surface area (Å²) in [6.07, 6.45) is 1.60. The number of para-hydroxylation sites is 1. The highest BCUT2D eigenvalue weighted by Crippen LogP contribution is 2.32. The standard InChI is InChI=1S/C22H19FN4O2/c1-14(13-28)21-26-19(15-7-9-16(23)10-8-15)20(27-21)18-11-12-24-22(25-18)29-17-5-3-2-4-6-17/h2-12,14,28H,13H2,1H3,(H,26,27). The van der Waals surface area contributed by atoms with E-state index < -0.39 is 0 Å². The molecule has 0 spiro atoms. The van der Waals surface area contributed by atoms with Crippen molar-refractivity contribution in [2.75, 3.05) is 6.61 Å². The summed E-state index contributed by atoms with van der Waals surface area (Å²) >= 11 is 0. The van der Waals surface area contributed by atoms with Gasteiger partial charge in [-0.1, -0.05) is 25.1 Å². The Labute approximate surface area is 167 Å². The van der Waals surface area contributed by atoms with Gasteiger partial charge in [0.1, 0.15) is 17.4 Å². The van der Waals surface area contributed by atoms with Crippen LogP contribution in [-0.2, 0) is 0 Å². The first-order chi connectivity index (χ1) is 14.1. The summed E-state index contributed by atoms with van der Waals surface area (Å²) in [4.78, 5) is 16.5. The summed E-state index contributed by atoms with van der Waals surface area (Å²) in [6, 6.07) is 17.3. The fourth-order valence-electron chi connectivity index (χ4n) is 2.84. The average molecular weight is 390 g/mol. The normalized spacial score (nSPS) is 12.0. The van der Waals surface area contributed by atoms with Gasteiger partial charge in [0, 0.05) is 17.7 Å². The molecule has 0 saturated heterocycles. The molecule has 0 fully saturated rings. The van der Waals surface area contributed by atoms with Crippen LogP contribution in [0.2, 0.25) is 0 Å². The van der Waals surface area contributed by atoms with E-state index in [1.165, 1.54) is 12.1 Å². The maximum absolute atomic E-state index is 13.4. The van der Waals surface area contributed by atoms with Crippen molar-refractivity contribution in [1.82, 2.24) is 19.9 Å².